The van der Waals surface area contributed by atoms with E-state index in [0.29, 0.717) is 11.8 Å². The van der Waals surface area contributed by atoms with E-state index in [2.05, 4.69) is 5.32 Å². The van der Waals surface area contributed by atoms with Gasteiger partial charge in [-0.1, -0.05) is 18.2 Å². The second kappa shape index (κ2) is 3.38. The molecule has 1 aliphatic rings. The van der Waals surface area contributed by atoms with Gasteiger partial charge in [-0.15, -0.1) is 0 Å². The predicted molar refractivity (Wildman–Crippen MR) is 52.8 cm³/mol. The number of hydrogen-bond acceptors (Lipinski definition) is 2. The summed E-state index contributed by atoms with van der Waals surface area (Å²) in [4.78, 5) is 0. The number of rotatable bonds is 1. The van der Waals surface area contributed by atoms with Crippen LogP contribution in [-0.2, 0) is 0 Å². The predicted octanol–water partition coefficient (Wildman–Crippen LogP) is 2.13. The lowest BCUT2D eigenvalue weighted by Gasteiger charge is -2.13. The van der Waals surface area contributed by atoms with E-state index in [0.717, 1.165) is 24.1 Å². The van der Waals surface area contributed by atoms with E-state index in [-0.39, 0.29) is 0 Å². The molecule has 70 valence electrons. The summed E-state index contributed by atoms with van der Waals surface area (Å²) in [5.41, 5.74) is 2.02. The lowest BCUT2D eigenvalue weighted by atomic mass is 10.0. The Hall–Kier alpha value is -1.02. The Morgan fingerprint density at radius 2 is 2.31 bits per heavy atom. The molecule has 1 aromatic rings. The average Bonchev–Trinajstić information content (AvgIpc) is 2.62. The van der Waals surface area contributed by atoms with E-state index in [1.807, 2.05) is 25.1 Å². The molecule has 0 spiro atoms. The van der Waals surface area contributed by atoms with Crippen LogP contribution >= 0.6 is 0 Å². The van der Waals surface area contributed by atoms with Crippen LogP contribution in [0.4, 0.5) is 0 Å². The van der Waals surface area contributed by atoms with E-state index < -0.39 is 0 Å². The number of nitrogens with one attached hydrogen (secondary N) is 1. The van der Waals surface area contributed by atoms with E-state index >= 15 is 0 Å². The van der Waals surface area contributed by atoms with Crippen LogP contribution in [0.1, 0.15) is 30.0 Å². The van der Waals surface area contributed by atoms with Gasteiger partial charge >= 0.3 is 0 Å². The van der Waals surface area contributed by atoms with Crippen molar-refractivity contribution in [3.8, 4) is 5.75 Å². The molecule has 2 heteroatoms. The van der Waals surface area contributed by atoms with Crippen LogP contribution in [-0.4, -0.2) is 11.7 Å². The van der Waals surface area contributed by atoms with Gasteiger partial charge in [-0.25, -0.2) is 0 Å². The summed E-state index contributed by atoms with van der Waals surface area (Å²) < 4.78 is 0. The van der Waals surface area contributed by atoms with Crippen molar-refractivity contribution in [1.82, 2.24) is 5.32 Å². The van der Waals surface area contributed by atoms with Gasteiger partial charge in [0.25, 0.3) is 0 Å². The van der Waals surface area contributed by atoms with Gasteiger partial charge in [0.2, 0.25) is 0 Å². The van der Waals surface area contributed by atoms with Crippen molar-refractivity contribution in [2.75, 3.05) is 6.54 Å². The van der Waals surface area contributed by atoms with Gasteiger partial charge in [0.05, 0.1) is 0 Å². The zero-order valence-corrected chi connectivity index (χ0v) is 7.88. The fourth-order valence-electron chi connectivity index (χ4n) is 1.91. The van der Waals surface area contributed by atoms with Crippen LogP contribution in [0.2, 0.25) is 0 Å². The number of para-hydroxylation sites is 1. The highest BCUT2D eigenvalue weighted by Crippen LogP contribution is 2.31. The topological polar surface area (TPSA) is 32.3 Å². The molecule has 1 aliphatic heterocycles. The normalized spacial score (nSPS) is 22.1. The molecule has 1 saturated heterocycles. The first-order valence-electron chi connectivity index (χ1n) is 4.81. The number of hydrogen-bond donors (Lipinski definition) is 2. The minimum atomic E-state index is 0.361. The van der Waals surface area contributed by atoms with Crippen LogP contribution in [0, 0.1) is 6.92 Å². The third-order valence-electron chi connectivity index (χ3n) is 2.70. The average molecular weight is 177 g/mol. The number of aryl methyl sites for hydroxylation is 1. The quantitative estimate of drug-likeness (QED) is 0.688. The van der Waals surface area contributed by atoms with Crippen molar-refractivity contribution in [3.05, 3.63) is 29.3 Å². The first-order valence-corrected chi connectivity index (χ1v) is 4.81. The third-order valence-corrected chi connectivity index (χ3v) is 2.70. The van der Waals surface area contributed by atoms with Crippen molar-refractivity contribution >= 4 is 0 Å². The summed E-state index contributed by atoms with van der Waals surface area (Å²) in [5.74, 6) is 0.460. The number of phenols is 1. The molecule has 2 N–H and O–H groups in total. The molecule has 0 amide bonds. The Kier molecular flexibility index (Phi) is 2.23. The monoisotopic (exact) mass is 177 g/mol. The molecule has 0 aliphatic carbocycles. The number of aromatic hydroxyl groups is 1. The summed E-state index contributed by atoms with van der Waals surface area (Å²) in [6, 6.07) is 6.31. The minimum absolute atomic E-state index is 0.361. The van der Waals surface area contributed by atoms with Crippen LogP contribution in [0.5, 0.6) is 5.75 Å². The molecule has 0 aromatic heterocycles. The highest BCUT2D eigenvalue weighted by atomic mass is 16.3. The maximum atomic E-state index is 9.82. The minimum Gasteiger partial charge on any atom is -0.507 e. The van der Waals surface area contributed by atoms with Crippen molar-refractivity contribution in [2.24, 2.45) is 0 Å². The standard InChI is InChI=1S/C11H15NO/c1-8-4-2-5-9(11(8)13)10-6-3-7-12-10/h2,4-5,10,12-13H,3,6-7H2,1H3/t10-/m0/s1. The van der Waals surface area contributed by atoms with Gasteiger partial charge in [-0.2, -0.15) is 0 Å². The summed E-state index contributed by atoms with van der Waals surface area (Å²) >= 11 is 0. The zero-order chi connectivity index (χ0) is 9.26. The molecule has 1 heterocycles. The van der Waals surface area contributed by atoms with Crippen molar-refractivity contribution < 1.29 is 5.11 Å². The number of phenolic OH excluding ortho intramolecular Hbond substituents is 1. The lowest BCUT2D eigenvalue weighted by molar-refractivity contribution is 0.453. The Labute approximate surface area is 78.6 Å². The molecule has 13 heavy (non-hydrogen) atoms. The van der Waals surface area contributed by atoms with Crippen LogP contribution in [0.3, 0.4) is 0 Å². The third kappa shape index (κ3) is 1.54. The van der Waals surface area contributed by atoms with Crippen molar-refractivity contribution in [2.45, 2.75) is 25.8 Å². The van der Waals surface area contributed by atoms with Crippen LogP contribution < -0.4 is 5.32 Å². The molecule has 1 fully saturated rings. The summed E-state index contributed by atoms with van der Waals surface area (Å²) in [6.07, 6.45) is 2.34. The molecule has 2 rings (SSSR count). The second-order valence-corrected chi connectivity index (χ2v) is 3.66. The molecule has 0 bridgehead atoms. The van der Waals surface area contributed by atoms with Gasteiger partial charge in [-0.3, -0.25) is 0 Å². The lowest BCUT2D eigenvalue weighted by Crippen LogP contribution is -2.13. The fraction of sp³-hybridized carbons (Fsp3) is 0.455. The van der Waals surface area contributed by atoms with Gasteiger partial charge in [-0.05, 0) is 31.9 Å². The van der Waals surface area contributed by atoms with E-state index in [1.165, 1.54) is 6.42 Å². The molecule has 2 nitrogen and oxygen atoms in total. The Morgan fingerprint density at radius 1 is 1.46 bits per heavy atom. The van der Waals surface area contributed by atoms with E-state index in [4.69, 9.17) is 0 Å². The maximum absolute atomic E-state index is 9.82. The highest BCUT2D eigenvalue weighted by Gasteiger charge is 2.19. The number of benzene rings is 1. The highest BCUT2D eigenvalue weighted by molar-refractivity contribution is 5.41. The molecular formula is C11H15NO. The Bertz CT molecular complexity index is 303. The van der Waals surface area contributed by atoms with Crippen molar-refractivity contribution in [1.29, 1.82) is 0 Å². The van der Waals surface area contributed by atoms with Gasteiger partial charge < -0.3 is 10.4 Å². The Balaban J connectivity index is 2.33. The largest absolute Gasteiger partial charge is 0.507 e. The van der Waals surface area contributed by atoms with Gasteiger partial charge in [0.1, 0.15) is 5.75 Å². The Morgan fingerprint density at radius 3 is 3.00 bits per heavy atom. The first-order chi connectivity index (χ1) is 6.29. The SMILES string of the molecule is Cc1cccc([C@@H]2CCCN2)c1O. The van der Waals surface area contributed by atoms with Gasteiger partial charge in [0.15, 0.2) is 0 Å². The molecule has 0 radical (unpaired) electrons. The molecular weight excluding hydrogens is 162 g/mol. The first kappa shape index (κ1) is 8.57. The van der Waals surface area contributed by atoms with E-state index in [9.17, 15) is 5.11 Å². The van der Waals surface area contributed by atoms with Gasteiger partial charge in [0, 0.05) is 11.6 Å². The second-order valence-electron chi connectivity index (χ2n) is 3.66. The van der Waals surface area contributed by atoms with Crippen LogP contribution in [0.25, 0.3) is 0 Å². The zero-order valence-electron chi connectivity index (χ0n) is 7.88. The summed E-state index contributed by atoms with van der Waals surface area (Å²) in [5, 5.41) is 13.2. The summed E-state index contributed by atoms with van der Waals surface area (Å²) in [6.45, 7) is 3.01. The molecule has 0 saturated carbocycles. The molecule has 0 unspecified atom stereocenters. The molecule has 1 aromatic carbocycles. The smallest absolute Gasteiger partial charge is 0.123 e. The summed E-state index contributed by atoms with van der Waals surface area (Å²) in [7, 11) is 0. The van der Waals surface area contributed by atoms with Crippen LogP contribution in [0.15, 0.2) is 18.2 Å². The maximum Gasteiger partial charge on any atom is 0.123 e. The van der Waals surface area contributed by atoms with E-state index in [1.54, 1.807) is 0 Å². The van der Waals surface area contributed by atoms with Crippen molar-refractivity contribution in [3.63, 3.8) is 0 Å². The molecule has 1 atom stereocenters. The fourth-order valence-corrected chi connectivity index (χ4v) is 1.91.